The second kappa shape index (κ2) is 10.3. The van der Waals surface area contributed by atoms with Crippen LogP contribution in [0.2, 0.25) is 5.02 Å². The number of carbonyl (C=O) groups excluding carboxylic acids is 1. The van der Waals surface area contributed by atoms with E-state index in [0.717, 1.165) is 11.1 Å². The number of aromatic nitrogens is 2. The molecule has 0 spiro atoms. The molecular formula is C21H18ClFN6O. The molecule has 2 aromatic carbocycles. The maximum atomic E-state index is 13.2. The first kappa shape index (κ1) is 21.2. The molecule has 3 rings (SSSR count). The third-order valence-corrected chi connectivity index (χ3v) is 4.46. The van der Waals surface area contributed by atoms with Crippen LogP contribution in [-0.2, 0) is 13.0 Å². The number of amides is 2. The van der Waals surface area contributed by atoms with Crippen LogP contribution in [0.25, 0.3) is 0 Å². The molecule has 0 aliphatic heterocycles. The minimum atomic E-state index is -0.505. The SMILES string of the molecule is N#Cc1cnc(NC(=O)Nc2ccc(CCNCc3cccc(F)c3)c(Cl)c2)cn1. The Hall–Kier alpha value is -3.54. The van der Waals surface area contributed by atoms with Gasteiger partial charge in [-0.05, 0) is 48.4 Å². The second-order valence-corrected chi connectivity index (χ2v) is 6.75. The van der Waals surface area contributed by atoms with E-state index in [1.165, 1.54) is 24.5 Å². The molecule has 0 unspecified atom stereocenters. The van der Waals surface area contributed by atoms with E-state index in [1.807, 2.05) is 18.2 Å². The molecule has 3 N–H and O–H groups in total. The summed E-state index contributed by atoms with van der Waals surface area (Å²) in [4.78, 5) is 19.8. The molecule has 3 aromatic rings. The van der Waals surface area contributed by atoms with Crippen molar-refractivity contribution in [1.29, 1.82) is 5.26 Å². The number of nitrogens with zero attached hydrogens (tertiary/aromatic N) is 3. The number of carbonyl (C=O) groups is 1. The average molecular weight is 425 g/mol. The fraction of sp³-hybridized carbons (Fsp3) is 0.143. The quantitative estimate of drug-likeness (QED) is 0.495. The fourth-order valence-corrected chi connectivity index (χ4v) is 2.93. The standard InChI is InChI=1S/C21H18ClFN6O/c22-19-9-17(28-21(30)29-20-13-26-18(10-24)12-27-20)5-4-15(19)6-7-25-11-14-2-1-3-16(23)8-14/h1-5,8-9,12-13,25H,6-7,11H2,(H2,27,28,29,30). The van der Waals surface area contributed by atoms with Gasteiger partial charge < -0.3 is 10.6 Å². The highest BCUT2D eigenvalue weighted by molar-refractivity contribution is 6.31. The first-order valence-electron chi connectivity index (χ1n) is 9.07. The normalized spacial score (nSPS) is 10.3. The van der Waals surface area contributed by atoms with Crippen LogP contribution in [0.4, 0.5) is 20.7 Å². The fourth-order valence-electron chi connectivity index (χ4n) is 2.66. The van der Waals surface area contributed by atoms with Gasteiger partial charge in [-0.3, -0.25) is 5.32 Å². The predicted molar refractivity (Wildman–Crippen MR) is 113 cm³/mol. The number of hydrogen-bond acceptors (Lipinski definition) is 5. The van der Waals surface area contributed by atoms with Crippen molar-refractivity contribution in [3.63, 3.8) is 0 Å². The highest BCUT2D eigenvalue weighted by atomic mass is 35.5. The van der Waals surface area contributed by atoms with Crippen LogP contribution in [0, 0.1) is 17.1 Å². The van der Waals surface area contributed by atoms with E-state index in [0.29, 0.717) is 30.2 Å². The van der Waals surface area contributed by atoms with Crippen LogP contribution in [-0.4, -0.2) is 22.5 Å². The molecule has 9 heteroatoms. The molecule has 1 aromatic heterocycles. The van der Waals surface area contributed by atoms with Gasteiger partial charge >= 0.3 is 6.03 Å². The van der Waals surface area contributed by atoms with E-state index >= 15 is 0 Å². The zero-order chi connectivity index (χ0) is 21.3. The average Bonchev–Trinajstić information content (AvgIpc) is 2.73. The number of nitriles is 1. The molecular weight excluding hydrogens is 407 g/mol. The maximum absolute atomic E-state index is 13.2. The number of benzene rings is 2. The Kier molecular flexibility index (Phi) is 7.27. The number of nitrogens with one attached hydrogen (secondary N) is 3. The summed E-state index contributed by atoms with van der Waals surface area (Å²) in [7, 11) is 0. The van der Waals surface area contributed by atoms with Crippen LogP contribution in [0.15, 0.2) is 54.9 Å². The van der Waals surface area contributed by atoms with Crippen molar-refractivity contribution < 1.29 is 9.18 Å². The van der Waals surface area contributed by atoms with Gasteiger partial charge in [0.05, 0.1) is 12.4 Å². The number of halogens is 2. The summed E-state index contributed by atoms with van der Waals surface area (Å²) in [5.74, 6) is -0.0331. The Bertz CT molecular complexity index is 1070. The van der Waals surface area contributed by atoms with Crippen LogP contribution in [0.1, 0.15) is 16.8 Å². The lowest BCUT2D eigenvalue weighted by atomic mass is 10.1. The molecule has 152 valence electrons. The van der Waals surface area contributed by atoms with Gasteiger partial charge in [0, 0.05) is 17.3 Å². The third kappa shape index (κ3) is 6.24. The Morgan fingerprint density at radius 3 is 2.70 bits per heavy atom. The summed E-state index contributed by atoms with van der Waals surface area (Å²) in [6, 6.07) is 13.0. The van der Waals surface area contributed by atoms with Crippen LogP contribution < -0.4 is 16.0 Å². The Morgan fingerprint density at radius 2 is 2.00 bits per heavy atom. The largest absolute Gasteiger partial charge is 0.324 e. The van der Waals surface area contributed by atoms with Crippen molar-refractivity contribution in [2.24, 2.45) is 0 Å². The van der Waals surface area contributed by atoms with E-state index in [4.69, 9.17) is 16.9 Å². The summed E-state index contributed by atoms with van der Waals surface area (Å²) in [5, 5.41) is 17.7. The Balaban J connectivity index is 1.48. The zero-order valence-electron chi connectivity index (χ0n) is 15.8. The molecule has 0 bridgehead atoms. The Morgan fingerprint density at radius 1 is 1.13 bits per heavy atom. The molecule has 0 saturated carbocycles. The van der Waals surface area contributed by atoms with E-state index in [-0.39, 0.29) is 17.3 Å². The number of anilines is 2. The summed E-state index contributed by atoms with van der Waals surface area (Å²) in [6.45, 7) is 1.23. The molecule has 0 fully saturated rings. The lowest BCUT2D eigenvalue weighted by Gasteiger charge is -2.10. The molecule has 0 aliphatic rings. The van der Waals surface area contributed by atoms with Gasteiger partial charge in [0.25, 0.3) is 0 Å². The van der Waals surface area contributed by atoms with Crippen molar-refractivity contribution in [2.75, 3.05) is 17.2 Å². The van der Waals surface area contributed by atoms with Gasteiger partial charge in [-0.25, -0.2) is 19.2 Å². The van der Waals surface area contributed by atoms with Crippen molar-refractivity contribution in [2.45, 2.75) is 13.0 Å². The molecule has 7 nitrogen and oxygen atoms in total. The topological polar surface area (TPSA) is 103 Å². The van der Waals surface area contributed by atoms with Gasteiger partial charge in [-0.2, -0.15) is 5.26 Å². The monoisotopic (exact) mass is 424 g/mol. The summed E-state index contributed by atoms with van der Waals surface area (Å²) >= 11 is 6.32. The molecule has 1 heterocycles. The van der Waals surface area contributed by atoms with E-state index < -0.39 is 6.03 Å². The molecule has 0 saturated heterocycles. The minimum Gasteiger partial charge on any atom is -0.312 e. The van der Waals surface area contributed by atoms with Gasteiger partial charge in [-0.15, -0.1) is 0 Å². The molecule has 0 radical (unpaired) electrons. The number of urea groups is 1. The highest BCUT2D eigenvalue weighted by Crippen LogP contribution is 2.21. The zero-order valence-corrected chi connectivity index (χ0v) is 16.6. The summed E-state index contributed by atoms with van der Waals surface area (Å²) in [5.41, 5.74) is 2.48. The van der Waals surface area contributed by atoms with E-state index in [1.54, 1.807) is 18.2 Å². The molecule has 0 aliphatic carbocycles. The lowest BCUT2D eigenvalue weighted by molar-refractivity contribution is 0.262. The number of rotatable bonds is 7. The van der Waals surface area contributed by atoms with Gasteiger partial charge in [0.1, 0.15) is 11.9 Å². The highest BCUT2D eigenvalue weighted by Gasteiger charge is 2.07. The van der Waals surface area contributed by atoms with Gasteiger partial charge in [0.2, 0.25) is 0 Å². The molecule has 2 amide bonds. The van der Waals surface area contributed by atoms with Crippen molar-refractivity contribution in [3.05, 3.63) is 82.5 Å². The van der Waals surface area contributed by atoms with Crippen molar-refractivity contribution >= 4 is 29.1 Å². The van der Waals surface area contributed by atoms with Crippen LogP contribution in [0.5, 0.6) is 0 Å². The lowest BCUT2D eigenvalue weighted by Crippen LogP contribution is -2.20. The summed E-state index contributed by atoms with van der Waals surface area (Å²) in [6.07, 6.45) is 3.25. The van der Waals surface area contributed by atoms with Gasteiger partial charge in [-0.1, -0.05) is 29.8 Å². The third-order valence-electron chi connectivity index (χ3n) is 4.11. The summed E-state index contributed by atoms with van der Waals surface area (Å²) < 4.78 is 13.2. The van der Waals surface area contributed by atoms with Crippen LogP contribution >= 0.6 is 11.6 Å². The minimum absolute atomic E-state index is 0.161. The predicted octanol–water partition coefficient (Wildman–Crippen LogP) is 4.12. The second-order valence-electron chi connectivity index (χ2n) is 6.34. The maximum Gasteiger partial charge on any atom is 0.324 e. The smallest absolute Gasteiger partial charge is 0.312 e. The van der Waals surface area contributed by atoms with E-state index in [9.17, 15) is 9.18 Å². The van der Waals surface area contributed by atoms with Gasteiger partial charge in [0.15, 0.2) is 11.5 Å². The van der Waals surface area contributed by atoms with E-state index in [2.05, 4.69) is 25.9 Å². The Labute approximate surface area is 177 Å². The van der Waals surface area contributed by atoms with Crippen molar-refractivity contribution in [1.82, 2.24) is 15.3 Å². The first-order valence-corrected chi connectivity index (χ1v) is 9.45. The molecule has 30 heavy (non-hydrogen) atoms. The van der Waals surface area contributed by atoms with Crippen molar-refractivity contribution in [3.8, 4) is 6.07 Å². The van der Waals surface area contributed by atoms with Crippen LogP contribution in [0.3, 0.4) is 0 Å². The molecule has 0 atom stereocenters. The number of hydrogen-bond donors (Lipinski definition) is 3. The first-order chi connectivity index (χ1) is 14.5.